The topological polar surface area (TPSA) is 20.2 Å². The lowest BCUT2D eigenvalue weighted by Crippen LogP contribution is -1.79. The Hall–Kier alpha value is -0.890. The highest BCUT2D eigenvalue weighted by atomic mass is 32.1. The fraction of sp³-hybridized carbons (Fsp3) is 0.125. The predicted octanol–water partition coefficient (Wildman–Crippen LogP) is 2.05. The molecular weight excluding hydrogens is 144 g/mol. The zero-order valence-corrected chi connectivity index (χ0v) is 6.48. The minimum absolute atomic E-state index is 0.304. The zero-order valence-electron chi connectivity index (χ0n) is 5.66. The first-order valence-corrected chi connectivity index (χ1v) is 3.46. The molecule has 1 rings (SSSR count). The molecule has 0 aliphatic carbocycles. The van der Waals surface area contributed by atoms with Crippen LogP contribution in [-0.4, -0.2) is 10.5 Å². The Kier molecular flexibility index (Phi) is 2.02. The van der Waals surface area contributed by atoms with Gasteiger partial charge in [-0.15, -0.1) is 0 Å². The Bertz CT molecular complexity index is 255. The van der Waals surface area contributed by atoms with E-state index in [1.54, 1.807) is 11.4 Å². The van der Waals surface area contributed by atoms with Gasteiger partial charge in [-0.1, -0.05) is 24.4 Å². The second-order valence-corrected chi connectivity index (χ2v) is 2.40. The lowest BCUT2D eigenvalue weighted by molar-refractivity contribution is 0.471. The van der Waals surface area contributed by atoms with Gasteiger partial charge in [-0.3, -0.25) is 0 Å². The van der Waals surface area contributed by atoms with Gasteiger partial charge in [0.2, 0.25) is 0 Å². The van der Waals surface area contributed by atoms with Crippen molar-refractivity contribution in [3.63, 3.8) is 0 Å². The van der Waals surface area contributed by atoms with Gasteiger partial charge in [0.25, 0.3) is 0 Å². The van der Waals surface area contributed by atoms with Crippen LogP contribution in [0, 0.1) is 6.92 Å². The molecule has 0 radical (unpaired) electrons. The number of phenolic OH excluding ortho intramolecular Hbond substituents is 1. The Balaban J connectivity index is 3.16. The number of rotatable bonds is 1. The molecule has 0 aromatic heterocycles. The molecule has 0 saturated carbocycles. The Morgan fingerprint density at radius 2 is 2.20 bits per heavy atom. The van der Waals surface area contributed by atoms with Crippen LogP contribution in [0.2, 0.25) is 0 Å². The maximum atomic E-state index is 9.16. The first kappa shape index (κ1) is 7.22. The quantitative estimate of drug-likeness (QED) is 0.621. The van der Waals surface area contributed by atoms with E-state index in [0.29, 0.717) is 5.75 Å². The maximum absolute atomic E-state index is 9.16. The van der Waals surface area contributed by atoms with Gasteiger partial charge in [0.15, 0.2) is 0 Å². The van der Waals surface area contributed by atoms with Crippen molar-refractivity contribution >= 4 is 17.6 Å². The molecule has 1 aromatic carbocycles. The summed E-state index contributed by atoms with van der Waals surface area (Å²) >= 11 is 4.69. The summed E-state index contributed by atoms with van der Waals surface area (Å²) in [5.41, 5.74) is 1.75. The van der Waals surface area contributed by atoms with Crippen molar-refractivity contribution in [1.82, 2.24) is 0 Å². The lowest BCUT2D eigenvalue weighted by atomic mass is 10.1. The van der Waals surface area contributed by atoms with Crippen molar-refractivity contribution in [1.29, 1.82) is 0 Å². The summed E-state index contributed by atoms with van der Waals surface area (Å²) in [7, 11) is 0. The van der Waals surface area contributed by atoms with E-state index in [9.17, 15) is 0 Å². The molecule has 1 nitrogen and oxygen atoms in total. The van der Waals surface area contributed by atoms with E-state index in [0.717, 1.165) is 11.1 Å². The minimum Gasteiger partial charge on any atom is -0.508 e. The molecule has 0 aliphatic rings. The molecule has 0 spiro atoms. The van der Waals surface area contributed by atoms with E-state index in [2.05, 4.69) is 12.2 Å². The first-order chi connectivity index (χ1) is 4.74. The zero-order chi connectivity index (χ0) is 7.56. The average molecular weight is 152 g/mol. The Labute approximate surface area is 65.3 Å². The summed E-state index contributed by atoms with van der Waals surface area (Å²) in [6.07, 6.45) is 0. The van der Waals surface area contributed by atoms with Crippen molar-refractivity contribution in [2.75, 3.05) is 0 Å². The van der Waals surface area contributed by atoms with Gasteiger partial charge < -0.3 is 5.11 Å². The van der Waals surface area contributed by atoms with Crippen LogP contribution in [0.4, 0.5) is 0 Å². The number of aromatic hydroxyl groups is 1. The molecule has 0 heterocycles. The molecule has 1 N–H and O–H groups in total. The second-order valence-electron chi connectivity index (χ2n) is 2.16. The third-order valence-electron chi connectivity index (χ3n) is 1.37. The molecule has 10 heavy (non-hydrogen) atoms. The number of phenols is 1. The van der Waals surface area contributed by atoms with Crippen LogP contribution >= 0.6 is 12.2 Å². The van der Waals surface area contributed by atoms with Crippen molar-refractivity contribution in [3.05, 3.63) is 29.3 Å². The van der Waals surface area contributed by atoms with E-state index < -0.39 is 0 Å². The summed E-state index contributed by atoms with van der Waals surface area (Å²) in [6.45, 7) is 1.85. The molecule has 0 aliphatic heterocycles. The standard InChI is InChI=1S/C8H8OS/c1-6-2-3-7(5-10)4-8(6)9/h2-5,9H,1H3. The van der Waals surface area contributed by atoms with Crippen molar-refractivity contribution in [2.45, 2.75) is 6.92 Å². The second kappa shape index (κ2) is 2.80. The van der Waals surface area contributed by atoms with Gasteiger partial charge in [-0.2, -0.15) is 0 Å². The highest BCUT2D eigenvalue weighted by molar-refractivity contribution is 7.79. The van der Waals surface area contributed by atoms with Gasteiger partial charge in [0, 0.05) is 5.37 Å². The summed E-state index contributed by atoms with van der Waals surface area (Å²) in [5, 5.41) is 10.7. The normalized spacial score (nSPS) is 9.30. The lowest BCUT2D eigenvalue weighted by Gasteiger charge is -1.97. The highest BCUT2D eigenvalue weighted by Gasteiger charge is 1.93. The van der Waals surface area contributed by atoms with Crippen LogP contribution in [0.5, 0.6) is 5.75 Å². The monoisotopic (exact) mass is 152 g/mol. The van der Waals surface area contributed by atoms with Crippen LogP contribution in [-0.2, 0) is 0 Å². The fourth-order valence-corrected chi connectivity index (χ4v) is 0.846. The van der Waals surface area contributed by atoms with Gasteiger partial charge in [-0.25, -0.2) is 0 Å². The SMILES string of the molecule is Cc1ccc(C=S)cc1O. The van der Waals surface area contributed by atoms with Crippen LogP contribution in [0.3, 0.4) is 0 Å². The van der Waals surface area contributed by atoms with Crippen molar-refractivity contribution in [2.24, 2.45) is 0 Å². The van der Waals surface area contributed by atoms with Gasteiger partial charge in [-0.05, 0) is 24.1 Å². The molecule has 1 aromatic rings. The van der Waals surface area contributed by atoms with Gasteiger partial charge >= 0.3 is 0 Å². The molecule has 0 saturated heterocycles. The Morgan fingerprint density at radius 3 is 2.70 bits per heavy atom. The third kappa shape index (κ3) is 1.33. The summed E-state index contributed by atoms with van der Waals surface area (Å²) < 4.78 is 0. The van der Waals surface area contributed by atoms with E-state index in [4.69, 9.17) is 5.11 Å². The molecule has 0 fully saturated rings. The summed E-state index contributed by atoms with van der Waals surface area (Å²) in [5.74, 6) is 0.304. The fourth-order valence-electron chi connectivity index (χ4n) is 0.700. The molecule has 0 amide bonds. The smallest absolute Gasteiger partial charge is 0.119 e. The van der Waals surface area contributed by atoms with Gasteiger partial charge in [0.1, 0.15) is 5.75 Å². The first-order valence-electron chi connectivity index (χ1n) is 2.99. The minimum atomic E-state index is 0.304. The van der Waals surface area contributed by atoms with Crippen molar-refractivity contribution < 1.29 is 5.11 Å². The van der Waals surface area contributed by atoms with E-state index in [1.807, 2.05) is 19.1 Å². The number of benzene rings is 1. The number of hydrogen-bond acceptors (Lipinski definition) is 2. The van der Waals surface area contributed by atoms with Crippen LogP contribution in [0.1, 0.15) is 11.1 Å². The van der Waals surface area contributed by atoms with E-state index >= 15 is 0 Å². The molecule has 2 heteroatoms. The maximum Gasteiger partial charge on any atom is 0.119 e. The Morgan fingerprint density at radius 1 is 1.50 bits per heavy atom. The van der Waals surface area contributed by atoms with Crippen molar-refractivity contribution in [3.8, 4) is 5.75 Å². The molecular formula is C8H8OS. The van der Waals surface area contributed by atoms with E-state index in [-0.39, 0.29) is 0 Å². The summed E-state index contributed by atoms with van der Waals surface area (Å²) in [6, 6.07) is 5.37. The predicted molar refractivity (Wildman–Crippen MR) is 45.6 cm³/mol. The molecule has 0 unspecified atom stereocenters. The highest BCUT2D eigenvalue weighted by Crippen LogP contribution is 2.15. The van der Waals surface area contributed by atoms with Crippen LogP contribution in [0.15, 0.2) is 18.2 Å². The molecule has 0 atom stereocenters. The number of hydrogen-bond donors (Lipinski definition) is 1. The third-order valence-corrected chi connectivity index (χ3v) is 1.64. The molecule has 52 valence electrons. The van der Waals surface area contributed by atoms with E-state index in [1.165, 1.54) is 0 Å². The molecule has 0 bridgehead atoms. The summed E-state index contributed by atoms with van der Waals surface area (Å²) in [4.78, 5) is 0. The number of thiocarbonyl (C=S) groups is 1. The van der Waals surface area contributed by atoms with Crippen LogP contribution in [0.25, 0.3) is 0 Å². The largest absolute Gasteiger partial charge is 0.508 e. The number of aryl methyl sites for hydroxylation is 1. The van der Waals surface area contributed by atoms with Gasteiger partial charge in [0.05, 0.1) is 0 Å². The van der Waals surface area contributed by atoms with Crippen LogP contribution < -0.4 is 0 Å². The average Bonchev–Trinajstić information content (AvgIpc) is 1.95.